The number of hydrogen-bond acceptors (Lipinski definition) is 4. The van der Waals surface area contributed by atoms with Gasteiger partial charge in [0.2, 0.25) is 0 Å². The Morgan fingerprint density at radius 2 is 1.68 bits per heavy atom. The van der Waals surface area contributed by atoms with Crippen molar-refractivity contribution in [3.63, 3.8) is 0 Å². The van der Waals surface area contributed by atoms with E-state index in [1.165, 1.54) is 0 Å². The Labute approximate surface area is 127 Å². The predicted octanol–water partition coefficient (Wildman–Crippen LogP) is 1.01. The van der Waals surface area contributed by atoms with Gasteiger partial charge in [0, 0.05) is 0 Å². The smallest absolute Gasteiger partial charge is 0.264 e. The number of carbonyl (C=O) groups excluding carboxylic acids is 1. The lowest BCUT2D eigenvalue weighted by molar-refractivity contribution is -0.119. The molecule has 22 heavy (non-hydrogen) atoms. The summed E-state index contributed by atoms with van der Waals surface area (Å²) in [5.74, 6) is 3.81. The molecule has 0 heterocycles. The third kappa shape index (κ3) is 3.41. The van der Waals surface area contributed by atoms with Crippen molar-refractivity contribution in [1.29, 1.82) is 0 Å². The summed E-state index contributed by atoms with van der Waals surface area (Å²) in [4.78, 5) is 11.4. The topological polar surface area (TPSA) is 92.5 Å². The normalized spacial score (nSPS) is 11.0. The maximum absolute atomic E-state index is 13.0. The van der Waals surface area contributed by atoms with Crippen LogP contribution >= 0.6 is 0 Å². The van der Waals surface area contributed by atoms with E-state index < -0.39 is 28.3 Å². The van der Waals surface area contributed by atoms with Gasteiger partial charge in [-0.25, -0.2) is 18.7 Å². The van der Waals surface area contributed by atoms with Crippen molar-refractivity contribution < 1.29 is 17.6 Å². The van der Waals surface area contributed by atoms with E-state index in [1.807, 2.05) is 5.43 Å². The summed E-state index contributed by atoms with van der Waals surface area (Å²) in [7, 11) is -4.03. The SMILES string of the molecule is NNC(=O)CN(c1ccccc1)S(=O)(=O)c1ccc(F)cc1. The molecule has 0 saturated carbocycles. The van der Waals surface area contributed by atoms with Gasteiger partial charge in [0.25, 0.3) is 15.9 Å². The molecule has 0 atom stereocenters. The number of hydrazine groups is 1. The summed E-state index contributed by atoms with van der Waals surface area (Å²) in [6.45, 7) is -0.486. The highest BCUT2D eigenvalue weighted by atomic mass is 32.2. The molecule has 2 aromatic carbocycles. The number of hydrogen-bond donors (Lipinski definition) is 2. The van der Waals surface area contributed by atoms with Crippen molar-refractivity contribution in [3.05, 3.63) is 60.4 Å². The third-order valence-electron chi connectivity index (χ3n) is 2.89. The van der Waals surface area contributed by atoms with Gasteiger partial charge in [-0.15, -0.1) is 0 Å². The van der Waals surface area contributed by atoms with E-state index in [9.17, 15) is 17.6 Å². The Balaban J connectivity index is 2.47. The standard InChI is InChI=1S/C14H14FN3O3S/c15-11-6-8-13(9-7-11)22(20,21)18(10-14(19)17-16)12-4-2-1-3-5-12/h1-9H,10,16H2,(H,17,19). The van der Waals surface area contributed by atoms with Crippen LogP contribution in [-0.4, -0.2) is 20.9 Å². The van der Waals surface area contributed by atoms with Gasteiger partial charge in [-0.05, 0) is 36.4 Å². The number of rotatable bonds is 5. The number of nitrogens with zero attached hydrogens (tertiary/aromatic N) is 1. The number of benzene rings is 2. The molecule has 0 spiro atoms. The Bertz CT molecular complexity index is 749. The van der Waals surface area contributed by atoms with Gasteiger partial charge >= 0.3 is 0 Å². The van der Waals surface area contributed by atoms with Gasteiger partial charge in [0.15, 0.2) is 0 Å². The highest BCUT2D eigenvalue weighted by molar-refractivity contribution is 7.92. The van der Waals surface area contributed by atoms with Crippen molar-refractivity contribution in [2.24, 2.45) is 5.84 Å². The monoisotopic (exact) mass is 323 g/mol. The average molecular weight is 323 g/mol. The molecule has 3 N–H and O–H groups in total. The van der Waals surface area contributed by atoms with E-state index in [4.69, 9.17) is 5.84 Å². The molecule has 0 aliphatic carbocycles. The number of carbonyl (C=O) groups is 1. The fourth-order valence-electron chi connectivity index (χ4n) is 1.82. The molecular formula is C14H14FN3O3S. The van der Waals surface area contributed by atoms with Crippen molar-refractivity contribution in [2.75, 3.05) is 10.8 Å². The van der Waals surface area contributed by atoms with Crippen molar-refractivity contribution in [3.8, 4) is 0 Å². The number of sulfonamides is 1. The maximum Gasteiger partial charge on any atom is 0.264 e. The minimum absolute atomic E-state index is 0.123. The second kappa shape index (κ2) is 6.54. The molecule has 6 nitrogen and oxygen atoms in total. The van der Waals surface area contributed by atoms with E-state index in [0.717, 1.165) is 28.6 Å². The van der Waals surface area contributed by atoms with Crippen molar-refractivity contribution in [1.82, 2.24) is 5.43 Å². The van der Waals surface area contributed by atoms with Crippen LogP contribution in [0.2, 0.25) is 0 Å². The number of halogens is 1. The molecule has 1 amide bonds. The largest absolute Gasteiger partial charge is 0.293 e. The van der Waals surface area contributed by atoms with Gasteiger partial charge in [0.05, 0.1) is 10.6 Å². The lowest BCUT2D eigenvalue weighted by Crippen LogP contribution is -2.43. The molecule has 0 saturated heterocycles. The summed E-state index contributed by atoms with van der Waals surface area (Å²) < 4.78 is 39.2. The van der Waals surface area contributed by atoms with E-state index in [0.29, 0.717) is 5.69 Å². The second-order valence-electron chi connectivity index (χ2n) is 4.37. The zero-order valence-electron chi connectivity index (χ0n) is 11.4. The first kappa shape index (κ1) is 15.9. The Kier molecular flexibility index (Phi) is 4.74. The average Bonchev–Trinajstić information content (AvgIpc) is 2.53. The van der Waals surface area contributed by atoms with Crippen LogP contribution in [0.1, 0.15) is 0 Å². The van der Waals surface area contributed by atoms with Crippen LogP contribution in [0.3, 0.4) is 0 Å². The predicted molar refractivity (Wildman–Crippen MR) is 79.7 cm³/mol. The molecule has 116 valence electrons. The minimum Gasteiger partial charge on any atom is -0.293 e. The molecule has 0 fully saturated rings. The van der Waals surface area contributed by atoms with E-state index in [2.05, 4.69) is 0 Å². The van der Waals surface area contributed by atoms with Crippen molar-refractivity contribution in [2.45, 2.75) is 4.90 Å². The van der Waals surface area contributed by atoms with Crippen LogP contribution in [0.25, 0.3) is 0 Å². The zero-order valence-corrected chi connectivity index (χ0v) is 12.3. The highest BCUT2D eigenvalue weighted by Crippen LogP contribution is 2.23. The summed E-state index contributed by atoms with van der Waals surface area (Å²) >= 11 is 0. The molecule has 0 radical (unpaired) electrons. The van der Waals surface area contributed by atoms with Crippen LogP contribution in [0, 0.1) is 5.82 Å². The van der Waals surface area contributed by atoms with Crippen LogP contribution in [0.4, 0.5) is 10.1 Å². The number of para-hydroxylation sites is 1. The van der Waals surface area contributed by atoms with Crippen LogP contribution in [-0.2, 0) is 14.8 Å². The van der Waals surface area contributed by atoms with Crippen LogP contribution in [0.5, 0.6) is 0 Å². The van der Waals surface area contributed by atoms with Crippen molar-refractivity contribution >= 4 is 21.6 Å². The Morgan fingerprint density at radius 1 is 1.09 bits per heavy atom. The second-order valence-corrected chi connectivity index (χ2v) is 6.23. The lowest BCUT2D eigenvalue weighted by Gasteiger charge is -2.23. The first-order chi connectivity index (χ1) is 10.4. The van der Waals surface area contributed by atoms with Gasteiger partial charge in [-0.2, -0.15) is 0 Å². The van der Waals surface area contributed by atoms with Gasteiger partial charge in [-0.3, -0.25) is 14.5 Å². The quantitative estimate of drug-likeness (QED) is 0.488. The number of nitrogens with two attached hydrogens (primary N) is 1. The van der Waals surface area contributed by atoms with E-state index in [-0.39, 0.29) is 4.90 Å². The fraction of sp³-hybridized carbons (Fsp3) is 0.0714. The highest BCUT2D eigenvalue weighted by Gasteiger charge is 2.26. The molecule has 0 aromatic heterocycles. The molecule has 2 aromatic rings. The molecule has 0 aliphatic rings. The van der Waals surface area contributed by atoms with Crippen LogP contribution < -0.4 is 15.6 Å². The first-order valence-corrected chi connectivity index (χ1v) is 7.72. The maximum atomic E-state index is 13.0. The van der Waals surface area contributed by atoms with Crippen LogP contribution in [0.15, 0.2) is 59.5 Å². The summed E-state index contributed by atoms with van der Waals surface area (Å²) in [6, 6.07) is 12.5. The number of nitrogens with one attached hydrogen (secondary N) is 1. The van der Waals surface area contributed by atoms with Gasteiger partial charge in [-0.1, -0.05) is 18.2 Å². The number of amides is 1. The number of anilines is 1. The molecule has 2 rings (SSSR count). The molecule has 0 unspecified atom stereocenters. The summed E-state index contributed by atoms with van der Waals surface area (Å²) in [6.07, 6.45) is 0. The summed E-state index contributed by atoms with van der Waals surface area (Å²) in [5, 5.41) is 0. The molecular weight excluding hydrogens is 309 g/mol. The van der Waals surface area contributed by atoms with Gasteiger partial charge < -0.3 is 0 Å². The minimum atomic E-state index is -4.03. The van der Waals surface area contributed by atoms with E-state index >= 15 is 0 Å². The lowest BCUT2D eigenvalue weighted by atomic mass is 10.3. The molecule has 0 aliphatic heterocycles. The van der Waals surface area contributed by atoms with Gasteiger partial charge in [0.1, 0.15) is 12.4 Å². The molecule has 8 heteroatoms. The summed E-state index contributed by atoms with van der Waals surface area (Å²) in [5.41, 5.74) is 2.19. The van der Waals surface area contributed by atoms with E-state index in [1.54, 1.807) is 30.3 Å². The third-order valence-corrected chi connectivity index (χ3v) is 4.68. The Hall–Kier alpha value is -2.45. The zero-order chi connectivity index (χ0) is 16.2. The fourth-order valence-corrected chi connectivity index (χ4v) is 3.24. The Morgan fingerprint density at radius 3 is 2.23 bits per heavy atom. The molecule has 0 bridgehead atoms. The first-order valence-electron chi connectivity index (χ1n) is 6.28.